The minimum absolute atomic E-state index is 0.106. The van der Waals surface area contributed by atoms with E-state index in [4.69, 9.17) is 21.3 Å². The van der Waals surface area contributed by atoms with Crippen molar-refractivity contribution in [1.29, 1.82) is 0 Å². The molecule has 0 bridgehead atoms. The van der Waals surface area contributed by atoms with E-state index in [2.05, 4.69) is 49.1 Å². The zero-order valence-corrected chi connectivity index (χ0v) is 34.7. The minimum Gasteiger partial charge on any atom is -0.381 e. The number of carbonyl (C=O) groups is 4. The van der Waals surface area contributed by atoms with Gasteiger partial charge in [-0.3, -0.25) is 24.1 Å². The van der Waals surface area contributed by atoms with Gasteiger partial charge in [-0.2, -0.15) is 0 Å². The molecule has 13 nitrogen and oxygen atoms in total. The first-order valence-electron chi connectivity index (χ1n) is 20.6. The van der Waals surface area contributed by atoms with Gasteiger partial charge in [0.25, 0.3) is 0 Å². The van der Waals surface area contributed by atoms with Crippen LogP contribution in [-0.2, 0) is 17.2 Å². The van der Waals surface area contributed by atoms with Crippen LogP contribution in [0.25, 0.3) is 22.1 Å². The Balaban J connectivity index is 0.000000132. The maximum Gasteiger partial charge on any atom is 0.196 e. The molecule has 3 aliphatic heterocycles. The second-order valence-corrected chi connectivity index (χ2v) is 15.9. The Hall–Kier alpha value is -5.41. The fourth-order valence-electron chi connectivity index (χ4n) is 8.05. The quantitative estimate of drug-likeness (QED) is 0.194. The second kappa shape index (κ2) is 18.5. The number of carbonyl (C=O) groups excluding carboxylic acids is 4. The monoisotopic (exact) mass is 828 g/mol. The number of aromatic nitrogens is 4. The lowest BCUT2D eigenvalue weighted by Crippen LogP contribution is -2.44. The van der Waals surface area contributed by atoms with Gasteiger partial charge in [0.1, 0.15) is 22.7 Å². The van der Waals surface area contributed by atoms with Crippen LogP contribution >= 0.6 is 11.6 Å². The highest BCUT2D eigenvalue weighted by Gasteiger charge is 2.33. The van der Waals surface area contributed by atoms with Gasteiger partial charge in [-0.05, 0) is 51.2 Å². The molecule has 2 aromatic heterocycles. The van der Waals surface area contributed by atoms with Crippen LogP contribution in [0.1, 0.15) is 88.2 Å². The van der Waals surface area contributed by atoms with Crippen molar-refractivity contribution >= 4 is 56.8 Å². The molecule has 0 atom stereocenters. The predicted octanol–water partition coefficient (Wildman–Crippen LogP) is 5.48. The van der Waals surface area contributed by atoms with E-state index >= 15 is 0 Å². The number of H-pyrrole nitrogens is 2. The van der Waals surface area contributed by atoms with Gasteiger partial charge in [0.15, 0.2) is 23.1 Å². The number of rotatable bonds is 3. The lowest BCUT2D eigenvalue weighted by atomic mass is 9.83. The molecule has 14 heteroatoms. The molecule has 60 heavy (non-hydrogen) atoms. The Morgan fingerprint density at radius 3 is 1.45 bits per heavy atom. The number of likely N-dealkylation sites (N-methyl/N-ethyl adjacent to an activating group) is 2. The molecular formula is C46H49ClN8O5. The molecule has 0 spiro atoms. The summed E-state index contributed by atoms with van der Waals surface area (Å²) in [5.41, 5.74) is 6.08. The van der Waals surface area contributed by atoms with E-state index in [-0.39, 0.29) is 29.0 Å². The molecule has 11 rings (SSSR count). The first kappa shape index (κ1) is 41.3. The first-order chi connectivity index (χ1) is 29.2. The Labute approximate surface area is 353 Å². The van der Waals surface area contributed by atoms with Gasteiger partial charge >= 0.3 is 0 Å². The first-order valence-corrected chi connectivity index (χ1v) is 21.1. The topological polar surface area (TPSA) is 157 Å². The maximum absolute atomic E-state index is 13.1. The van der Waals surface area contributed by atoms with Crippen LogP contribution < -0.4 is 5.32 Å². The van der Waals surface area contributed by atoms with Gasteiger partial charge in [-0.1, -0.05) is 48.5 Å². The molecule has 2 aliphatic carbocycles. The van der Waals surface area contributed by atoms with Crippen LogP contribution in [0.5, 0.6) is 0 Å². The molecular weight excluding hydrogens is 780 g/mol. The lowest BCUT2D eigenvalue weighted by molar-refractivity contribution is 0.0980. The number of benzene rings is 4. The zero-order chi connectivity index (χ0) is 41.8. The molecule has 310 valence electrons. The van der Waals surface area contributed by atoms with Crippen molar-refractivity contribution in [3.63, 3.8) is 0 Å². The van der Waals surface area contributed by atoms with Crippen molar-refractivity contribution in [2.24, 2.45) is 0 Å². The number of fused-ring (bicyclic) bond motifs is 8. The number of aromatic amines is 2. The van der Waals surface area contributed by atoms with Gasteiger partial charge in [0.2, 0.25) is 0 Å². The van der Waals surface area contributed by atoms with Gasteiger partial charge in [0.05, 0.1) is 34.6 Å². The Morgan fingerprint density at radius 2 is 1.02 bits per heavy atom. The van der Waals surface area contributed by atoms with Gasteiger partial charge in [0, 0.05) is 99.0 Å². The summed E-state index contributed by atoms with van der Waals surface area (Å²) in [6, 6.07) is 20.9. The predicted molar refractivity (Wildman–Crippen MR) is 232 cm³/mol. The summed E-state index contributed by atoms with van der Waals surface area (Å²) in [5.74, 6) is 1.11. The van der Waals surface area contributed by atoms with Crippen LogP contribution in [0.4, 0.5) is 0 Å². The van der Waals surface area contributed by atoms with Crippen molar-refractivity contribution in [3.8, 4) is 0 Å². The molecule has 4 aromatic carbocycles. The number of piperazine rings is 2. The highest BCUT2D eigenvalue weighted by molar-refractivity contribution is 6.32. The van der Waals surface area contributed by atoms with Gasteiger partial charge < -0.3 is 29.8 Å². The fraction of sp³-hybridized carbons (Fsp3) is 0.348. The van der Waals surface area contributed by atoms with Crippen molar-refractivity contribution < 1.29 is 23.9 Å². The van der Waals surface area contributed by atoms with Gasteiger partial charge in [-0.15, -0.1) is 11.6 Å². The molecule has 0 radical (unpaired) electrons. The minimum atomic E-state index is -0.168. The zero-order valence-electron chi connectivity index (χ0n) is 34.0. The number of ether oxygens (including phenoxy) is 1. The average Bonchev–Trinajstić information content (AvgIpc) is 4.08. The molecule has 3 saturated heterocycles. The Kier molecular flexibility index (Phi) is 12.7. The highest BCUT2D eigenvalue weighted by atomic mass is 35.5. The largest absolute Gasteiger partial charge is 0.381 e. The molecule has 5 heterocycles. The third-order valence-electron chi connectivity index (χ3n) is 11.4. The SMILES string of the molecule is C1CCOC1.CN1CCN(Cc2nc3c4c(ccc3[nH]2)C(=O)c2ccccc2C4=O)CC1.CN1CCNCC1.O=C1c2ccccc2C(=O)c2c1ccc1[nH]c(CCl)nc21. The summed E-state index contributed by atoms with van der Waals surface area (Å²) in [4.78, 5) is 73.6. The normalized spacial score (nSPS) is 17.7. The summed E-state index contributed by atoms with van der Waals surface area (Å²) in [6.07, 6.45) is 2.56. The standard InChI is InChI=1S/C21H20N4O2.C16H9ClN2O2.C5H12N2.C4H8O/c1-24-8-10-25(11-9-24)12-17-22-16-7-6-15-18(19(16)23-17)21(27)14-5-3-2-4-13(14)20(15)26;17-7-12-18-11-6-5-10-13(14(11)19-12)16(21)9-4-2-1-3-8(9)15(10)20;1-7-4-2-6-3-5-7;1-2-4-5-3-1/h2-7H,8-12H2,1H3,(H,22,23);1-6H,7H2,(H,18,19);6H,2-5H2,1H3;1-4H2. The smallest absolute Gasteiger partial charge is 0.196 e. The summed E-state index contributed by atoms with van der Waals surface area (Å²) >= 11 is 5.78. The average molecular weight is 829 g/mol. The number of ketones is 4. The lowest BCUT2D eigenvalue weighted by Gasteiger charge is -2.31. The molecule has 6 aromatic rings. The number of nitrogens with zero attached hydrogens (tertiary/aromatic N) is 5. The number of imidazole rings is 2. The fourth-order valence-corrected chi connectivity index (χ4v) is 8.18. The summed E-state index contributed by atoms with van der Waals surface area (Å²) in [6.45, 7) is 11.5. The van der Waals surface area contributed by atoms with Crippen molar-refractivity contribution in [1.82, 2.24) is 40.0 Å². The van der Waals surface area contributed by atoms with E-state index in [0.717, 1.165) is 70.4 Å². The van der Waals surface area contributed by atoms with E-state index in [1.54, 1.807) is 66.7 Å². The van der Waals surface area contributed by atoms with E-state index in [0.29, 0.717) is 66.9 Å². The van der Waals surface area contributed by atoms with E-state index in [9.17, 15) is 19.2 Å². The summed E-state index contributed by atoms with van der Waals surface area (Å²) < 4.78 is 4.94. The number of alkyl halides is 1. The summed E-state index contributed by atoms with van der Waals surface area (Å²) in [7, 11) is 4.28. The number of hydrogen-bond donors (Lipinski definition) is 3. The number of halogens is 1. The van der Waals surface area contributed by atoms with Crippen LogP contribution in [0.3, 0.4) is 0 Å². The van der Waals surface area contributed by atoms with E-state index < -0.39 is 0 Å². The van der Waals surface area contributed by atoms with Crippen LogP contribution in [0.15, 0.2) is 72.8 Å². The van der Waals surface area contributed by atoms with Crippen molar-refractivity contribution in [3.05, 3.63) is 129 Å². The number of hydrogen-bond acceptors (Lipinski definition) is 11. The third kappa shape index (κ3) is 8.60. The van der Waals surface area contributed by atoms with Crippen molar-refractivity contribution in [2.45, 2.75) is 25.3 Å². The molecule has 5 aliphatic rings. The molecule has 0 amide bonds. The maximum atomic E-state index is 13.1. The molecule has 3 fully saturated rings. The van der Waals surface area contributed by atoms with Crippen LogP contribution in [-0.4, -0.2) is 137 Å². The molecule has 3 N–H and O–H groups in total. The van der Waals surface area contributed by atoms with Gasteiger partial charge in [-0.25, -0.2) is 9.97 Å². The van der Waals surface area contributed by atoms with Crippen LogP contribution in [0.2, 0.25) is 0 Å². The molecule has 0 unspecified atom stereocenters. The van der Waals surface area contributed by atoms with E-state index in [1.807, 2.05) is 6.07 Å². The summed E-state index contributed by atoms with van der Waals surface area (Å²) in [5, 5.41) is 3.27. The highest BCUT2D eigenvalue weighted by Crippen LogP contribution is 2.33. The third-order valence-corrected chi connectivity index (χ3v) is 11.7. The Bertz CT molecular complexity index is 2560. The van der Waals surface area contributed by atoms with Crippen molar-refractivity contribution in [2.75, 3.05) is 79.7 Å². The Morgan fingerprint density at radius 1 is 0.567 bits per heavy atom. The van der Waals surface area contributed by atoms with Crippen LogP contribution in [0, 0.1) is 0 Å². The second-order valence-electron chi connectivity index (χ2n) is 15.6. The molecule has 0 saturated carbocycles. The van der Waals surface area contributed by atoms with E-state index in [1.165, 1.54) is 25.9 Å². The number of nitrogens with one attached hydrogen (secondary N) is 3.